The molecule has 2 aromatic carbocycles. The standard InChI is InChI=1S/C14H13F2NO2S/c1-9-3-6-11(7-4-9)20(18,19)17-14-12(15)8-5-10(2)13(14)16/h3-8,17H,1-2H3. The molecule has 0 spiro atoms. The Kier molecular flexibility index (Phi) is 3.76. The quantitative estimate of drug-likeness (QED) is 0.944. The van der Waals surface area contributed by atoms with Gasteiger partial charge in [-0.05, 0) is 37.6 Å². The van der Waals surface area contributed by atoms with Gasteiger partial charge in [-0.15, -0.1) is 0 Å². The number of anilines is 1. The maximum absolute atomic E-state index is 13.8. The number of benzene rings is 2. The summed E-state index contributed by atoms with van der Waals surface area (Å²) in [5, 5.41) is 0. The zero-order valence-electron chi connectivity index (χ0n) is 10.9. The van der Waals surface area contributed by atoms with Gasteiger partial charge in [0.05, 0.1) is 4.90 Å². The second-order valence-electron chi connectivity index (χ2n) is 4.47. The van der Waals surface area contributed by atoms with E-state index >= 15 is 0 Å². The van der Waals surface area contributed by atoms with Gasteiger partial charge in [-0.25, -0.2) is 17.2 Å². The van der Waals surface area contributed by atoms with Crippen LogP contribution >= 0.6 is 0 Å². The van der Waals surface area contributed by atoms with Crippen molar-refractivity contribution in [2.75, 3.05) is 4.72 Å². The molecule has 0 saturated heterocycles. The predicted octanol–water partition coefficient (Wildman–Crippen LogP) is 3.38. The van der Waals surface area contributed by atoms with Crippen LogP contribution < -0.4 is 4.72 Å². The molecule has 0 amide bonds. The Morgan fingerprint density at radius 2 is 1.55 bits per heavy atom. The molecule has 0 atom stereocenters. The average molecular weight is 297 g/mol. The van der Waals surface area contributed by atoms with Gasteiger partial charge in [-0.1, -0.05) is 23.8 Å². The van der Waals surface area contributed by atoms with Gasteiger partial charge in [0.25, 0.3) is 10.0 Å². The summed E-state index contributed by atoms with van der Waals surface area (Å²) in [6, 6.07) is 8.24. The zero-order valence-corrected chi connectivity index (χ0v) is 11.8. The van der Waals surface area contributed by atoms with Crippen molar-refractivity contribution in [3.05, 3.63) is 59.2 Å². The first kappa shape index (κ1) is 14.5. The largest absolute Gasteiger partial charge is 0.274 e. The normalized spacial score (nSPS) is 11.4. The summed E-state index contributed by atoms with van der Waals surface area (Å²) in [4.78, 5) is -0.0524. The highest BCUT2D eigenvalue weighted by Gasteiger charge is 2.20. The first-order valence-electron chi connectivity index (χ1n) is 5.85. The molecule has 0 heterocycles. The van der Waals surface area contributed by atoms with E-state index in [0.29, 0.717) is 0 Å². The van der Waals surface area contributed by atoms with Crippen LogP contribution in [-0.2, 0) is 10.0 Å². The maximum atomic E-state index is 13.8. The summed E-state index contributed by atoms with van der Waals surface area (Å²) in [6.07, 6.45) is 0. The van der Waals surface area contributed by atoms with Crippen molar-refractivity contribution >= 4 is 15.7 Å². The Morgan fingerprint density at radius 1 is 0.950 bits per heavy atom. The van der Waals surface area contributed by atoms with Crippen molar-refractivity contribution in [3.8, 4) is 0 Å². The number of aryl methyl sites for hydroxylation is 2. The smallest absolute Gasteiger partial charge is 0.262 e. The maximum Gasteiger partial charge on any atom is 0.262 e. The molecular formula is C14H13F2NO2S. The zero-order chi connectivity index (χ0) is 14.9. The van der Waals surface area contributed by atoms with Crippen LogP contribution in [0.2, 0.25) is 0 Å². The first-order chi connectivity index (χ1) is 9.31. The molecule has 0 saturated carbocycles. The molecule has 1 N–H and O–H groups in total. The second kappa shape index (κ2) is 5.20. The molecule has 0 aliphatic carbocycles. The number of rotatable bonds is 3. The van der Waals surface area contributed by atoms with Crippen molar-refractivity contribution < 1.29 is 17.2 Å². The SMILES string of the molecule is Cc1ccc(S(=O)(=O)Nc2c(F)ccc(C)c2F)cc1. The second-order valence-corrected chi connectivity index (χ2v) is 6.15. The predicted molar refractivity (Wildman–Crippen MR) is 73.1 cm³/mol. The van der Waals surface area contributed by atoms with E-state index in [9.17, 15) is 17.2 Å². The van der Waals surface area contributed by atoms with E-state index in [-0.39, 0.29) is 10.5 Å². The molecule has 2 rings (SSSR count). The molecular weight excluding hydrogens is 284 g/mol. The molecule has 20 heavy (non-hydrogen) atoms. The van der Waals surface area contributed by atoms with Gasteiger partial charge in [0.15, 0.2) is 5.82 Å². The third-order valence-corrected chi connectivity index (χ3v) is 4.22. The van der Waals surface area contributed by atoms with Crippen molar-refractivity contribution in [1.29, 1.82) is 0 Å². The molecule has 0 aliphatic rings. The Bertz CT molecular complexity index is 741. The van der Waals surface area contributed by atoms with E-state index in [4.69, 9.17) is 0 Å². The summed E-state index contributed by atoms with van der Waals surface area (Å²) in [6.45, 7) is 3.24. The van der Waals surface area contributed by atoms with Crippen LogP contribution in [0.3, 0.4) is 0 Å². The minimum absolute atomic E-state index is 0.0524. The lowest BCUT2D eigenvalue weighted by atomic mass is 10.2. The summed E-state index contributed by atoms with van der Waals surface area (Å²) in [7, 11) is -4.02. The van der Waals surface area contributed by atoms with Crippen molar-refractivity contribution in [2.45, 2.75) is 18.7 Å². The van der Waals surface area contributed by atoms with Gasteiger partial charge in [0.1, 0.15) is 11.5 Å². The van der Waals surface area contributed by atoms with Crippen molar-refractivity contribution in [1.82, 2.24) is 0 Å². The topological polar surface area (TPSA) is 46.2 Å². The molecule has 106 valence electrons. The van der Waals surface area contributed by atoms with Gasteiger partial charge < -0.3 is 0 Å². The van der Waals surface area contributed by atoms with Crippen LogP contribution in [0.1, 0.15) is 11.1 Å². The molecule has 2 aromatic rings. The van der Waals surface area contributed by atoms with Crippen LogP contribution in [0.25, 0.3) is 0 Å². The lowest BCUT2D eigenvalue weighted by molar-refractivity contribution is 0.579. The van der Waals surface area contributed by atoms with Gasteiger partial charge in [0.2, 0.25) is 0 Å². The minimum Gasteiger partial charge on any atom is -0.274 e. The van der Waals surface area contributed by atoms with Crippen molar-refractivity contribution in [3.63, 3.8) is 0 Å². The third-order valence-electron chi connectivity index (χ3n) is 2.85. The van der Waals surface area contributed by atoms with Crippen LogP contribution in [0.5, 0.6) is 0 Å². The lowest BCUT2D eigenvalue weighted by Gasteiger charge is -2.11. The van der Waals surface area contributed by atoms with Crippen LogP contribution in [0, 0.1) is 25.5 Å². The Balaban J connectivity index is 2.43. The first-order valence-corrected chi connectivity index (χ1v) is 7.33. The summed E-state index contributed by atoms with van der Waals surface area (Å²) >= 11 is 0. The molecule has 3 nitrogen and oxygen atoms in total. The van der Waals surface area contributed by atoms with E-state index in [1.54, 1.807) is 12.1 Å². The van der Waals surface area contributed by atoms with Gasteiger partial charge in [0, 0.05) is 0 Å². The minimum atomic E-state index is -4.02. The van der Waals surface area contributed by atoms with E-state index in [0.717, 1.165) is 11.6 Å². The third kappa shape index (κ3) is 2.80. The molecule has 6 heteroatoms. The molecule has 0 aliphatic heterocycles. The fraction of sp³-hybridized carbons (Fsp3) is 0.143. The number of halogens is 2. The molecule has 0 aromatic heterocycles. The summed E-state index contributed by atoms with van der Waals surface area (Å²) in [5.74, 6) is -1.87. The van der Waals surface area contributed by atoms with E-state index in [2.05, 4.69) is 0 Å². The van der Waals surface area contributed by atoms with Crippen molar-refractivity contribution in [2.24, 2.45) is 0 Å². The molecule has 0 bridgehead atoms. The number of nitrogens with one attached hydrogen (secondary N) is 1. The fourth-order valence-electron chi connectivity index (χ4n) is 1.66. The fourth-order valence-corrected chi connectivity index (χ4v) is 2.73. The number of sulfonamides is 1. The highest BCUT2D eigenvalue weighted by molar-refractivity contribution is 7.92. The Morgan fingerprint density at radius 3 is 2.15 bits per heavy atom. The average Bonchev–Trinajstić information content (AvgIpc) is 2.40. The van der Waals surface area contributed by atoms with Crippen LogP contribution in [0.15, 0.2) is 41.3 Å². The highest BCUT2D eigenvalue weighted by Crippen LogP contribution is 2.24. The monoisotopic (exact) mass is 297 g/mol. The Labute approximate surface area is 116 Å². The van der Waals surface area contributed by atoms with Gasteiger partial charge >= 0.3 is 0 Å². The molecule has 0 fully saturated rings. The highest BCUT2D eigenvalue weighted by atomic mass is 32.2. The summed E-state index contributed by atoms with van der Waals surface area (Å²) < 4.78 is 53.5. The number of hydrogen-bond acceptors (Lipinski definition) is 2. The van der Waals surface area contributed by atoms with E-state index in [1.807, 2.05) is 11.6 Å². The van der Waals surface area contributed by atoms with E-state index < -0.39 is 27.3 Å². The van der Waals surface area contributed by atoms with E-state index in [1.165, 1.54) is 25.1 Å². The summed E-state index contributed by atoms with van der Waals surface area (Å²) in [5.41, 5.74) is 0.385. The molecule has 0 unspecified atom stereocenters. The van der Waals surface area contributed by atoms with Crippen LogP contribution in [0.4, 0.5) is 14.5 Å². The van der Waals surface area contributed by atoms with Gasteiger partial charge in [-0.2, -0.15) is 0 Å². The number of hydrogen-bond donors (Lipinski definition) is 1. The van der Waals surface area contributed by atoms with Gasteiger partial charge in [-0.3, -0.25) is 4.72 Å². The lowest BCUT2D eigenvalue weighted by Crippen LogP contribution is -2.15. The Hall–Kier alpha value is -1.95. The van der Waals surface area contributed by atoms with Crippen LogP contribution in [-0.4, -0.2) is 8.42 Å². The molecule has 0 radical (unpaired) electrons.